The van der Waals surface area contributed by atoms with Gasteiger partial charge in [0.05, 0.1) is 22.3 Å². The first kappa shape index (κ1) is 19.6. The number of aryl methyl sites for hydroxylation is 2. The molecular weight excluding hydrogens is 437 g/mol. The SMILES string of the molecule is Cc1sc2nc(CC(=O)N=Nc3c(O)[nH]c4c(Cl)cc(Cl)cc34)[nH]c(=O)c2c1C. The number of aromatic nitrogens is 3. The molecule has 0 spiro atoms. The Morgan fingerprint density at radius 1 is 1.28 bits per heavy atom. The highest BCUT2D eigenvalue weighted by Crippen LogP contribution is 2.40. The minimum absolute atomic E-state index is 0.0409. The van der Waals surface area contributed by atoms with E-state index in [-0.39, 0.29) is 29.4 Å². The summed E-state index contributed by atoms with van der Waals surface area (Å²) in [7, 11) is 0. The number of nitrogens with zero attached hydrogens (tertiary/aromatic N) is 3. The van der Waals surface area contributed by atoms with E-state index in [0.29, 0.717) is 31.2 Å². The van der Waals surface area contributed by atoms with Crippen molar-refractivity contribution in [3.63, 3.8) is 0 Å². The standard InChI is InChI=1S/C18H13Cl2N5O3S/c1-6-7(2)29-18-13(6)16(27)21-11(22-18)5-12(26)24-25-15-9-3-8(19)4-10(20)14(9)23-17(15)28/h3-4,23,28H,5H2,1-2H3,(H,21,22,27). The maximum atomic E-state index is 12.3. The average Bonchev–Trinajstić information content (AvgIpc) is 3.09. The predicted molar refractivity (Wildman–Crippen MR) is 113 cm³/mol. The molecule has 3 aromatic heterocycles. The van der Waals surface area contributed by atoms with Gasteiger partial charge in [-0.1, -0.05) is 23.2 Å². The molecule has 11 heteroatoms. The number of fused-ring (bicyclic) bond motifs is 2. The van der Waals surface area contributed by atoms with Crippen molar-refractivity contribution >= 4 is 67.3 Å². The number of hydrogen-bond acceptors (Lipinski definition) is 6. The van der Waals surface area contributed by atoms with Gasteiger partial charge in [0.1, 0.15) is 10.7 Å². The Balaban J connectivity index is 1.63. The third kappa shape index (κ3) is 3.52. The van der Waals surface area contributed by atoms with Crippen molar-refractivity contribution in [3.8, 4) is 5.88 Å². The average molecular weight is 450 g/mol. The van der Waals surface area contributed by atoms with Gasteiger partial charge in [0, 0.05) is 15.3 Å². The molecule has 0 fully saturated rings. The second-order valence-corrected chi connectivity index (χ2v) is 8.43. The van der Waals surface area contributed by atoms with Crippen LogP contribution in [-0.2, 0) is 11.2 Å². The van der Waals surface area contributed by atoms with Crippen LogP contribution in [-0.4, -0.2) is 26.0 Å². The van der Waals surface area contributed by atoms with Crippen molar-refractivity contribution in [2.75, 3.05) is 0 Å². The molecular formula is C18H13Cl2N5O3S. The lowest BCUT2D eigenvalue weighted by Gasteiger charge is -1.98. The highest BCUT2D eigenvalue weighted by atomic mass is 35.5. The summed E-state index contributed by atoms with van der Waals surface area (Å²) in [5.74, 6) is -0.737. The molecule has 1 aromatic carbocycles. The first-order valence-corrected chi connectivity index (χ1v) is 9.95. The summed E-state index contributed by atoms with van der Waals surface area (Å²) in [5, 5.41) is 19.1. The van der Waals surface area contributed by atoms with E-state index < -0.39 is 5.91 Å². The summed E-state index contributed by atoms with van der Waals surface area (Å²) in [6.45, 7) is 3.77. The van der Waals surface area contributed by atoms with Crippen LogP contribution in [0.15, 0.2) is 27.2 Å². The predicted octanol–water partition coefficient (Wildman–Crippen LogP) is 4.95. The van der Waals surface area contributed by atoms with Gasteiger partial charge in [-0.15, -0.1) is 21.6 Å². The van der Waals surface area contributed by atoms with E-state index >= 15 is 0 Å². The quantitative estimate of drug-likeness (QED) is 0.382. The molecule has 29 heavy (non-hydrogen) atoms. The summed E-state index contributed by atoms with van der Waals surface area (Å²) in [6, 6.07) is 3.06. The molecule has 0 unspecified atom stereocenters. The summed E-state index contributed by atoms with van der Waals surface area (Å²) in [4.78, 5) is 35.7. The van der Waals surface area contributed by atoms with Crippen molar-refractivity contribution in [2.45, 2.75) is 20.3 Å². The van der Waals surface area contributed by atoms with E-state index in [0.717, 1.165) is 10.4 Å². The number of hydrogen-bond donors (Lipinski definition) is 3. The number of halogens is 2. The molecule has 0 saturated heterocycles. The number of amides is 1. The van der Waals surface area contributed by atoms with E-state index in [1.165, 1.54) is 17.4 Å². The highest BCUT2D eigenvalue weighted by molar-refractivity contribution is 7.18. The molecule has 0 saturated carbocycles. The number of nitrogens with one attached hydrogen (secondary N) is 2. The van der Waals surface area contributed by atoms with Crippen molar-refractivity contribution in [1.82, 2.24) is 15.0 Å². The van der Waals surface area contributed by atoms with Crippen LogP contribution in [0, 0.1) is 13.8 Å². The van der Waals surface area contributed by atoms with Crippen LogP contribution in [0.1, 0.15) is 16.3 Å². The number of thiophene rings is 1. The van der Waals surface area contributed by atoms with Crippen molar-refractivity contribution < 1.29 is 9.90 Å². The minimum atomic E-state index is -0.639. The Morgan fingerprint density at radius 3 is 2.79 bits per heavy atom. The number of carbonyl (C=O) groups is 1. The van der Waals surface area contributed by atoms with Gasteiger partial charge in [0.2, 0.25) is 5.88 Å². The molecule has 0 radical (unpaired) electrons. The number of azo groups is 1. The van der Waals surface area contributed by atoms with Crippen LogP contribution >= 0.6 is 34.5 Å². The Labute approximate surface area is 177 Å². The van der Waals surface area contributed by atoms with Crippen LogP contribution < -0.4 is 5.56 Å². The van der Waals surface area contributed by atoms with Gasteiger partial charge >= 0.3 is 0 Å². The summed E-state index contributed by atoms with van der Waals surface area (Å²) in [5.41, 5.74) is 1.05. The molecule has 148 valence electrons. The molecule has 0 bridgehead atoms. The summed E-state index contributed by atoms with van der Waals surface area (Å²) in [6.07, 6.45) is -0.241. The fourth-order valence-electron chi connectivity index (χ4n) is 2.96. The number of aromatic amines is 2. The lowest BCUT2D eigenvalue weighted by atomic mass is 10.2. The molecule has 3 heterocycles. The van der Waals surface area contributed by atoms with Gasteiger partial charge in [-0.3, -0.25) is 9.59 Å². The molecule has 1 amide bonds. The maximum Gasteiger partial charge on any atom is 0.272 e. The molecule has 4 aromatic rings. The number of rotatable bonds is 3. The van der Waals surface area contributed by atoms with E-state index in [1.54, 1.807) is 6.07 Å². The third-order valence-corrected chi connectivity index (χ3v) is 6.06. The molecule has 4 rings (SSSR count). The molecule has 0 aliphatic carbocycles. The first-order valence-electron chi connectivity index (χ1n) is 8.37. The van der Waals surface area contributed by atoms with Crippen molar-refractivity contribution in [2.24, 2.45) is 10.2 Å². The molecule has 0 atom stereocenters. The van der Waals surface area contributed by atoms with Crippen LogP contribution in [0.25, 0.3) is 21.1 Å². The lowest BCUT2D eigenvalue weighted by Crippen LogP contribution is -2.13. The van der Waals surface area contributed by atoms with Crippen LogP contribution in [0.5, 0.6) is 5.88 Å². The fraction of sp³-hybridized carbons (Fsp3) is 0.167. The molecule has 8 nitrogen and oxygen atoms in total. The smallest absolute Gasteiger partial charge is 0.272 e. The Morgan fingerprint density at radius 2 is 2.03 bits per heavy atom. The topological polar surface area (TPSA) is 124 Å². The summed E-state index contributed by atoms with van der Waals surface area (Å²) < 4.78 is 0. The van der Waals surface area contributed by atoms with Gasteiger partial charge in [-0.25, -0.2) is 4.98 Å². The van der Waals surface area contributed by atoms with E-state index in [2.05, 4.69) is 25.2 Å². The number of benzene rings is 1. The van der Waals surface area contributed by atoms with Crippen molar-refractivity contribution in [1.29, 1.82) is 0 Å². The second kappa shape index (κ2) is 7.25. The van der Waals surface area contributed by atoms with Gasteiger partial charge < -0.3 is 15.1 Å². The Kier molecular flexibility index (Phi) is 4.89. The molecule has 0 aliphatic rings. The molecule has 3 N–H and O–H groups in total. The van der Waals surface area contributed by atoms with Crippen LogP contribution in [0.3, 0.4) is 0 Å². The van der Waals surface area contributed by atoms with E-state index in [1.807, 2.05) is 13.8 Å². The van der Waals surface area contributed by atoms with Crippen LogP contribution in [0.2, 0.25) is 10.0 Å². The third-order valence-electron chi connectivity index (χ3n) is 4.45. The zero-order valence-electron chi connectivity index (χ0n) is 15.1. The zero-order chi connectivity index (χ0) is 20.9. The normalized spacial score (nSPS) is 11.9. The number of H-pyrrole nitrogens is 2. The van der Waals surface area contributed by atoms with Gasteiger partial charge in [0.15, 0.2) is 5.69 Å². The molecule has 0 aliphatic heterocycles. The Hall–Kier alpha value is -2.75. The number of carbonyl (C=O) groups excluding carboxylic acids is 1. The van der Waals surface area contributed by atoms with Gasteiger partial charge in [-0.2, -0.15) is 0 Å². The monoisotopic (exact) mass is 449 g/mol. The minimum Gasteiger partial charge on any atom is -0.493 e. The fourth-order valence-corrected chi connectivity index (χ4v) is 4.55. The zero-order valence-corrected chi connectivity index (χ0v) is 17.5. The van der Waals surface area contributed by atoms with E-state index in [9.17, 15) is 14.7 Å². The largest absolute Gasteiger partial charge is 0.493 e. The summed E-state index contributed by atoms with van der Waals surface area (Å²) >= 11 is 13.5. The van der Waals surface area contributed by atoms with E-state index in [4.69, 9.17) is 23.2 Å². The van der Waals surface area contributed by atoms with Gasteiger partial charge in [-0.05, 0) is 31.5 Å². The number of aromatic hydroxyl groups is 1. The Bertz CT molecular complexity index is 1390. The highest BCUT2D eigenvalue weighted by Gasteiger charge is 2.16. The van der Waals surface area contributed by atoms with Gasteiger partial charge in [0.25, 0.3) is 11.5 Å². The lowest BCUT2D eigenvalue weighted by molar-refractivity contribution is -0.117. The second-order valence-electron chi connectivity index (χ2n) is 6.38. The van der Waals surface area contributed by atoms with Crippen LogP contribution in [0.4, 0.5) is 5.69 Å². The first-order chi connectivity index (χ1) is 13.7. The maximum absolute atomic E-state index is 12.3. The van der Waals surface area contributed by atoms with Crippen molar-refractivity contribution in [3.05, 3.63) is 48.8 Å².